The maximum atomic E-state index is 13.6. The van der Waals surface area contributed by atoms with Crippen LogP contribution in [0.15, 0.2) is 60.8 Å². The van der Waals surface area contributed by atoms with Gasteiger partial charge in [0.1, 0.15) is 12.1 Å². The summed E-state index contributed by atoms with van der Waals surface area (Å²) in [5.41, 5.74) is 1.73. The monoisotopic (exact) mass is 645 g/mol. The Kier molecular flexibility index (Phi) is 10.9. The van der Waals surface area contributed by atoms with Gasteiger partial charge in [0.25, 0.3) is 11.8 Å². The molecule has 2 fully saturated rings. The van der Waals surface area contributed by atoms with Gasteiger partial charge < -0.3 is 30.1 Å². The van der Waals surface area contributed by atoms with Crippen molar-refractivity contribution in [2.75, 3.05) is 19.6 Å². The number of rotatable bonds is 16. The maximum absolute atomic E-state index is 13.6. The molecule has 2 saturated heterocycles. The zero-order chi connectivity index (χ0) is 33.2. The molecule has 2 aliphatic rings. The number of H-pyrrole nitrogens is 1. The standard InChI is InChI=1S/C34H39N5O8/c40-28(14-9-19-36-33(45)46-22-24-10-3-1-4-11-24)38-23-34(38,20-25-21-37-27-13-7-6-12-26(25)27)32(44)35-18-8-2-5-15-31(43)47-39-29(41)16-17-30(39)42/h1,3-4,6-7,10-13,21,37H,2,5,8-9,14-20,22-23H2,(H,35,44)(H,36,45). The number of unbranched alkanes of at least 4 members (excludes halogenated alkanes) is 2. The summed E-state index contributed by atoms with van der Waals surface area (Å²) in [6, 6.07) is 17.1. The highest BCUT2D eigenvalue weighted by Gasteiger charge is 2.60. The summed E-state index contributed by atoms with van der Waals surface area (Å²) < 4.78 is 5.21. The highest BCUT2D eigenvalue weighted by Crippen LogP contribution is 2.38. The van der Waals surface area contributed by atoms with E-state index in [1.807, 2.05) is 60.8 Å². The molecule has 47 heavy (non-hydrogen) atoms. The zero-order valence-electron chi connectivity index (χ0n) is 26.1. The fraction of sp³-hybridized carbons (Fsp3) is 0.412. The van der Waals surface area contributed by atoms with Crippen molar-refractivity contribution in [3.8, 4) is 0 Å². The Hall–Kier alpha value is -5.20. The minimum Gasteiger partial charge on any atom is -0.445 e. The zero-order valence-corrected chi connectivity index (χ0v) is 26.1. The van der Waals surface area contributed by atoms with Gasteiger partial charge in [-0.15, -0.1) is 5.06 Å². The first-order chi connectivity index (χ1) is 22.8. The van der Waals surface area contributed by atoms with Crippen molar-refractivity contribution in [1.82, 2.24) is 25.6 Å². The number of hydrogen-bond donors (Lipinski definition) is 3. The smallest absolute Gasteiger partial charge is 0.407 e. The molecule has 3 N–H and O–H groups in total. The van der Waals surface area contributed by atoms with Crippen LogP contribution in [0.3, 0.4) is 0 Å². The molecule has 2 aliphatic heterocycles. The van der Waals surface area contributed by atoms with Crippen LogP contribution in [-0.2, 0) is 46.6 Å². The lowest BCUT2D eigenvalue weighted by Crippen LogP contribution is -2.43. The van der Waals surface area contributed by atoms with Crippen LogP contribution in [0, 0.1) is 0 Å². The molecular formula is C34H39N5O8. The van der Waals surface area contributed by atoms with E-state index in [1.165, 1.54) is 0 Å². The van der Waals surface area contributed by atoms with Crippen LogP contribution < -0.4 is 10.6 Å². The lowest BCUT2D eigenvalue weighted by Gasteiger charge is -2.18. The quantitative estimate of drug-likeness (QED) is 0.121. The van der Waals surface area contributed by atoms with E-state index in [1.54, 1.807) is 4.90 Å². The Balaban J connectivity index is 1.07. The van der Waals surface area contributed by atoms with Crippen molar-refractivity contribution < 1.29 is 38.3 Å². The number of aromatic amines is 1. The third-order valence-electron chi connectivity index (χ3n) is 8.31. The van der Waals surface area contributed by atoms with E-state index in [0.29, 0.717) is 43.7 Å². The minimum absolute atomic E-state index is 0.0391. The van der Waals surface area contributed by atoms with E-state index in [2.05, 4.69) is 15.6 Å². The predicted octanol–water partition coefficient (Wildman–Crippen LogP) is 3.28. The van der Waals surface area contributed by atoms with Gasteiger partial charge in [-0.1, -0.05) is 55.0 Å². The number of ether oxygens (including phenoxy) is 1. The van der Waals surface area contributed by atoms with Crippen LogP contribution in [-0.4, -0.2) is 75.8 Å². The van der Waals surface area contributed by atoms with Gasteiger partial charge in [-0.3, -0.25) is 19.2 Å². The second-order valence-corrected chi connectivity index (χ2v) is 11.8. The number of para-hydroxylation sites is 1. The molecule has 248 valence electrons. The van der Waals surface area contributed by atoms with E-state index in [4.69, 9.17) is 9.57 Å². The predicted molar refractivity (Wildman–Crippen MR) is 169 cm³/mol. The molecule has 3 heterocycles. The second kappa shape index (κ2) is 15.4. The maximum Gasteiger partial charge on any atom is 0.407 e. The first kappa shape index (κ1) is 33.2. The van der Waals surface area contributed by atoms with Crippen LogP contribution in [0.25, 0.3) is 10.9 Å². The van der Waals surface area contributed by atoms with Gasteiger partial charge >= 0.3 is 12.1 Å². The summed E-state index contributed by atoms with van der Waals surface area (Å²) >= 11 is 0. The van der Waals surface area contributed by atoms with Gasteiger partial charge in [0.05, 0.1) is 6.54 Å². The van der Waals surface area contributed by atoms with E-state index < -0.39 is 29.4 Å². The van der Waals surface area contributed by atoms with Crippen LogP contribution in [0.2, 0.25) is 0 Å². The summed E-state index contributed by atoms with van der Waals surface area (Å²) in [5, 5.41) is 7.16. The fourth-order valence-electron chi connectivity index (χ4n) is 5.65. The first-order valence-corrected chi connectivity index (χ1v) is 15.9. The number of hydrogen-bond acceptors (Lipinski definition) is 8. The topological polar surface area (TPSA) is 167 Å². The Bertz CT molecular complexity index is 1610. The third kappa shape index (κ3) is 8.54. The lowest BCUT2D eigenvalue weighted by molar-refractivity contribution is -0.197. The Morgan fingerprint density at radius 2 is 1.55 bits per heavy atom. The number of carbonyl (C=O) groups excluding carboxylic acids is 6. The lowest BCUT2D eigenvalue weighted by atomic mass is 9.97. The Morgan fingerprint density at radius 1 is 0.830 bits per heavy atom. The number of aromatic nitrogens is 1. The molecule has 0 spiro atoms. The van der Waals surface area contributed by atoms with Crippen LogP contribution in [0.4, 0.5) is 4.79 Å². The molecular weight excluding hydrogens is 606 g/mol. The summed E-state index contributed by atoms with van der Waals surface area (Å²) in [6.07, 6.45) is 3.98. The number of fused-ring (bicyclic) bond motifs is 1. The van der Waals surface area contributed by atoms with Crippen molar-refractivity contribution >= 4 is 46.6 Å². The second-order valence-electron chi connectivity index (χ2n) is 11.8. The van der Waals surface area contributed by atoms with Crippen LogP contribution in [0.5, 0.6) is 0 Å². The largest absolute Gasteiger partial charge is 0.445 e. The number of alkyl carbamates (subject to hydrolysis) is 1. The summed E-state index contributed by atoms with van der Waals surface area (Å²) in [5.74, 6) is -2.11. The highest BCUT2D eigenvalue weighted by atomic mass is 16.7. The summed E-state index contributed by atoms with van der Waals surface area (Å²) in [6.45, 7) is 1.04. The van der Waals surface area contributed by atoms with Gasteiger partial charge in [-0.25, -0.2) is 9.59 Å². The van der Waals surface area contributed by atoms with Crippen molar-refractivity contribution in [3.63, 3.8) is 0 Å². The minimum atomic E-state index is -1.03. The number of nitrogens with zero attached hydrogens (tertiary/aromatic N) is 2. The van der Waals surface area contributed by atoms with Crippen molar-refractivity contribution in [2.45, 2.75) is 69.9 Å². The number of carbonyl (C=O) groups is 6. The van der Waals surface area contributed by atoms with Gasteiger partial charge in [-0.2, -0.15) is 0 Å². The molecule has 13 nitrogen and oxygen atoms in total. The van der Waals surface area contributed by atoms with Crippen molar-refractivity contribution in [2.24, 2.45) is 0 Å². The molecule has 0 radical (unpaired) electrons. The molecule has 1 atom stereocenters. The van der Waals surface area contributed by atoms with Crippen molar-refractivity contribution in [1.29, 1.82) is 0 Å². The normalized spacial score (nSPS) is 17.1. The molecule has 2 aromatic carbocycles. The third-order valence-corrected chi connectivity index (χ3v) is 8.31. The van der Waals surface area contributed by atoms with Gasteiger partial charge in [0, 0.05) is 62.3 Å². The number of hydroxylamine groups is 2. The van der Waals surface area contributed by atoms with Gasteiger partial charge in [0.15, 0.2) is 0 Å². The molecule has 3 aromatic rings. The van der Waals surface area contributed by atoms with Crippen LogP contribution >= 0.6 is 0 Å². The average molecular weight is 646 g/mol. The van der Waals surface area contributed by atoms with E-state index in [9.17, 15) is 28.8 Å². The number of imide groups is 1. The van der Waals surface area contributed by atoms with E-state index in [0.717, 1.165) is 22.0 Å². The molecule has 1 aromatic heterocycles. The SMILES string of the molecule is O=C(CCCCCNC(=O)C1(Cc2c[nH]c3ccccc23)CN1C(=O)CCCNC(=O)OCc1ccccc1)ON1C(=O)CCC1=O. The summed E-state index contributed by atoms with van der Waals surface area (Å²) in [7, 11) is 0. The van der Waals surface area contributed by atoms with E-state index in [-0.39, 0.29) is 57.2 Å². The van der Waals surface area contributed by atoms with Gasteiger partial charge in [0.2, 0.25) is 11.8 Å². The molecule has 5 rings (SSSR count). The van der Waals surface area contributed by atoms with Gasteiger partial charge in [-0.05, 0) is 36.5 Å². The number of nitrogens with one attached hydrogen (secondary N) is 3. The number of amides is 5. The molecule has 1 unspecified atom stereocenters. The summed E-state index contributed by atoms with van der Waals surface area (Å²) in [4.78, 5) is 83.8. The average Bonchev–Trinajstić information content (AvgIpc) is 3.56. The highest BCUT2D eigenvalue weighted by molar-refractivity contribution is 6.01. The Morgan fingerprint density at radius 3 is 2.34 bits per heavy atom. The van der Waals surface area contributed by atoms with Crippen molar-refractivity contribution in [3.05, 3.63) is 71.9 Å². The molecule has 0 saturated carbocycles. The molecule has 13 heteroatoms. The fourth-order valence-corrected chi connectivity index (χ4v) is 5.65. The molecule has 5 amide bonds. The number of benzene rings is 2. The van der Waals surface area contributed by atoms with E-state index >= 15 is 0 Å². The Labute approximate surface area is 271 Å². The van der Waals surface area contributed by atoms with Crippen LogP contribution in [0.1, 0.15) is 62.5 Å². The molecule has 0 aliphatic carbocycles. The molecule has 0 bridgehead atoms. The first-order valence-electron chi connectivity index (χ1n) is 15.9.